The van der Waals surface area contributed by atoms with Crippen molar-refractivity contribution in [2.24, 2.45) is 0 Å². The van der Waals surface area contributed by atoms with Crippen LogP contribution in [-0.2, 0) is 14.9 Å². The normalized spacial score (nSPS) is 16.9. The number of carbonyl (C=O) groups is 3. The molecular weight excluding hydrogens is 564 g/mol. The molecule has 2 saturated heterocycles. The van der Waals surface area contributed by atoms with Crippen molar-refractivity contribution in [1.29, 1.82) is 0 Å². The van der Waals surface area contributed by atoms with E-state index in [1.54, 1.807) is 18.7 Å². The maximum absolute atomic E-state index is 13.8. The molecule has 0 bridgehead atoms. The fourth-order valence-corrected chi connectivity index (χ4v) is 6.33. The van der Waals surface area contributed by atoms with Gasteiger partial charge in [0, 0.05) is 48.5 Å². The van der Waals surface area contributed by atoms with E-state index < -0.39 is 11.6 Å². The number of carbonyl (C=O) groups excluding carboxylic acids is 3. The number of nitrogens with zero attached hydrogens (tertiary/aromatic N) is 3. The molecule has 0 aliphatic carbocycles. The highest BCUT2D eigenvalue weighted by Gasteiger charge is 2.42. The quantitative estimate of drug-likeness (QED) is 0.367. The molecule has 2 aromatic heterocycles. The molecule has 3 N–H and O–H groups in total. The van der Waals surface area contributed by atoms with Crippen molar-refractivity contribution < 1.29 is 19.1 Å². The van der Waals surface area contributed by atoms with E-state index in [9.17, 15) is 14.4 Å². The number of aryl methyl sites for hydroxylation is 1. The van der Waals surface area contributed by atoms with E-state index >= 15 is 0 Å². The van der Waals surface area contributed by atoms with Crippen LogP contribution in [0.3, 0.4) is 0 Å². The summed E-state index contributed by atoms with van der Waals surface area (Å²) in [5.41, 5.74) is 2.77. The van der Waals surface area contributed by atoms with Crippen LogP contribution >= 0.6 is 11.3 Å². The summed E-state index contributed by atoms with van der Waals surface area (Å²) in [5, 5.41) is 8.67. The third-order valence-corrected chi connectivity index (χ3v) is 9.45. The highest BCUT2D eigenvalue weighted by atomic mass is 32.1. The lowest BCUT2D eigenvalue weighted by Gasteiger charge is -2.41. The minimum absolute atomic E-state index is 0.201. The highest BCUT2D eigenvalue weighted by Crippen LogP contribution is 2.37. The van der Waals surface area contributed by atoms with Crippen molar-refractivity contribution in [3.8, 4) is 11.1 Å². The number of nitrogens with one attached hydrogen (secondary N) is 3. The van der Waals surface area contributed by atoms with Crippen LogP contribution in [0.5, 0.6) is 0 Å². The second-order valence-corrected chi connectivity index (χ2v) is 13.5. The van der Waals surface area contributed by atoms with Gasteiger partial charge in [-0.1, -0.05) is 26.8 Å². The Morgan fingerprint density at radius 1 is 1.05 bits per heavy atom. The number of hydrogen-bond acceptors (Lipinski definition) is 7. The number of piperazine rings is 1. The number of aromatic nitrogens is 1. The molecule has 11 heteroatoms. The number of thiophene rings is 1. The zero-order valence-electron chi connectivity index (χ0n) is 25.7. The Morgan fingerprint density at radius 2 is 1.79 bits per heavy atom. The second-order valence-electron chi connectivity index (χ2n) is 12.5. The SMILES string of the molecule is Cc1ccc(NC(=O)Nc2cc(C(C)(C)C)sc2C(=O)N2CCNC(=O)C2(C)C)cc1-c1ccc(N2CCOCC2)nc1. The van der Waals surface area contributed by atoms with Gasteiger partial charge in [0.1, 0.15) is 16.2 Å². The molecule has 4 amide bonds. The van der Waals surface area contributed by atoms with E-state index in [4.69, 9.17) is 4.74 Å². The van der Waals surface area contributed by atoms with Crippen LogP contribution in [0.1, 0.15) is 54.7 Å². The molecule has 43 heavy (non-hydrogen) atoms. The largest absolute Gasteiger partial charge is 0.378 e. The first-order valence-corrected chi connectivity index (χ1v) is 15.4. The summed E-state index contributed by atoms with van der Waals surface area (Å²) in [5.74, 6) is 0.442. The number of urea groups is 1. The van der Waals surface area contributed by atoms with Gasteiger partial charge in [0.2, 0.25) is 5.91 Å². The van der Waals surface area contributed by atoms with Gasteiger partial charge in [-0.3, -0.25) is 9.59 Å². The molecule has 3 aromatic rings. The molecule has 2 fully saturated rings. The van der Waals surface area contributed by atoms with E-state index in [0.717, 1.165) is 40.5 Å². The van der Waals surface area contributed by atoms with Gasteiger partial charge in [0.05, 0.1) is 18.9 Å². The molecular formula is C32H40N6O4S. The van der Waals surface area contributed by atoms with Gasteiger partial charge >= 0.3 is 6.03 Å². The maximum atomic E-state index is 13.8. The lowest BCUT2D eigenvalue weighted by molar-refractivity contribution is -0.133. The predicted molar refractivity (Wildman–Crippen MR) is 171 cm³/mol. The number of pyridine rings is 1. The van der Waals surface area contributed by atoms with Gasteiger partial charge in [-0.25, -0.2) is 9.78 Å². The summed E-state index contributed by atoms with van der Waals surface area (Å²) < 4.78 is 5.44. The summed E-state index contributed by atoms with van der Waals surface area (Å²) in [6, 6.07) is 11.2. The first-order chi connectivity index (χ1) is 20.3. The van der Waals surface area contributed by atoms with E-state index in [2.05, 4.69) is 46.6 Å². The summed E-state index contributed by atoms with van der Waals surface area (Å²) in [7, 11) is 0. The zero-order valence-corrected chi connectivity index (χ0v) is 26.5. The van der Waals surface area contributed by atoms with Gasteiger partial charge in [0.15, 0.2) is 0 Å². The van der Waals surface area contributed by atoms with E-state index in [1.165, 1.54) is 11.3 Å². The molecule has 2 aliphatic heterocycles. The smallest absolute Gasteiger partial charge is 0.323 e. The summed E-state index contributed by atoms with van der Waals surface area (Å²) in [4.78, 5) is 49.5. The Balaban J connectivity index is 1.35. The molecule has 0 radical (unpaired) electrons. The molecule has 10 nitrogen and oxygen atoms in total. The van der Waals surface area contributed by atoms with Crippen molar-refractivity contribution in [3.63, 3.8) is 0 Å². The molecule has 0 spiro atoms. The number of benzene rings is 1. The minimum atomic E-state index is -1.01. The van der Waals surface area contributed by atoms with Crippen molar-refractivity contribution in [1.82, 2.24) is 15.2 Å². The van der Waals surface area contributed by atoms with E-state index in [-0.39, 0.29) is 17.2 Å². The summed E-state index contributed by atoms with van der Waals surface area (Å²) in [6.07, 6.45) is 1.86. The van der Waals surface area contributed by atoms with Gasteiger partial charge in [-0.15, -0.1) is 11.3 Å². The van der Waals surface area contributed by atoms with Gasteiger partial charge in [-0.05, 0) is 67.6 Å². The number of anilines is 3. The van der Waals surface area contributed by atoms with E-state index in [1.807, 2.05) is 49.5 Å². The molecule has 0 saturated carbocycles. The fraction of sp³-hybridized carbons (Fsp3) is 0.438. The Labute approximate surface area is 256 Å². The van der Waals surface area contributed by atoms with Gasteiger partial charge < -0.3 is 30.5 Å². The topological polar surface area (TPSA) is 116 Å². The van der Waals surface area contributed by atoms with Crippen LogP contribution in [0.15, 0.2) is 42.6 Å². The molecule has 228 valence electrons. The van der Waals surface area contributed by atoms with Crippen LogP contribution < -0.4 is 20.9 Å². The van der Waals surface area contributed by atoms with Crippen LogP contribution in [0.25, 0.3) is 11.1 Å². The molecule has 1 aromatic carbocycles. The third kappa shape index (κ3) is 6.52. The maximum Gasteiger partial charge on any atom is 0.323 e. The summed E-state index contributed by atoms with van der Waals surface area (Å²) in [6.45, 7) is 15.5. The molecule has 4 heterocycles. The van der Waals surface area contributed by atoms with Crippen molar-refractivity contribution >= 4 is 46.4 Å². The Bertz CT molecular complexity index is 1520. The first kappa shape index (κ1) is 30.5. The lowest BCUT2D eigenvalue weighted by atomic mass is 9.94. The van der Waals surface area contributed by atoms with Gasteiger partial charge in [-0.2, -0.15) is 0 Å². The standard InChI is InChI=1S/C32H40N6O4S/c1-20-7-9-22(17-23(20)21-8-10-26(34-19-21)37-13-15-42-16-14-37)35-30(41)36-24-18-25(31(2,3)4)43-27(24)28(39)38-12-11-33-29(40)32(38,5)6/h7-10,17-19H,11-16H2,1-6H3,(H,33,40)(H2,35,36,41). The second kappa shape index (κ2) is 12.0. The molecule has 5 rings (SSSR count). The number of rotatable bonds is 5. The van der Waals surface area contributed by atoms with Crippen molar-refractivity contribution in [3.05, 3.63) is 57.9 Å². The van der Waals surface area contributed by atoms with E-state index in [0.29, 0.717) is 42.6 Å². The van der Waals surface area contributed by atoms with Crippen molar-refractivity contribution in [2.75, 3.05) is 54.9 Å². The number of hydrogen-bond donors (Lipinski definition) is 3. The van der Waals surface area contributed by atoms with Crippen molar-refractivity contribution in [2.45, 2.75) is 52.5 Å². The minimum Gasteiger partial charge on any atom is -0.378 e. The van der Waals surface area contributed by atoms with Gasteiger partial charge in [0.25, 0.3) is 5.91 Å². The highest BCUT2D eigenvalue weighted by molar-refractivity contribution is 7.14. The zero-order chi connectivity index (χ0) is 30.9. The third-order valence-electron chi connectivity index (χ3n) is 7.90. The first-order valence-electron chi connectivity index (χ1n) is 14.6. The number of morpholine rings is 1. The fourth-order valence-electron chi connectivity index (χ4n) is 5.21. The Kier molecular flexibility index (Phi) is 8.49. The lowest BCUT2D eigenvalue weighted by Crippen LogP contribution is -2.63. The average Bonchev–Trinajstić information content (AvgIpc) is 3.40. The predicted octanol–water partition coefficient (Wildman–Crippen LogP) is 5.25. The van der Waals surface area contributed by atoms with Crippen LogP contribution in [-0.4, -0.2) is 72.7 Å². The molecule has 2 aliphatic rings. The Hall–Kier alpha value is -3.96. The summed E-state index contributed by atoms with van der Waals surface area (Å²) >= 11 is 1.35. The monoisotopic (exact) mass is 604 g/mol. The molecule has 0 atom stereocenters. The van der Waals surface area contributed by atoms with Crippen LogP contribution in [0.4, 0.5) is 22.0 Å². The number of amides is 4. The molecule has 0 unspecified atom stereocenters. The van der Waals surface area contributed by atoms with Crippen LogP contribution in [0, 0.1) is 6.92 Å². The average molecular weight is 605 g/mol. The number of ether oxygens (including phenoxy) is 1. The van der Waals surface area contributed by atoms with Crippen LogP contribution in [0.2, 0.25) is 0 Å². The Morgan fingerprint density at radius 3 is 2.47 bits per heavy atom.